The molecule has 0 radical (unpaired) electrons. The molecule has 1 aliphatic heterocycles. The van der Waals surface area contributed by atoms with Gasteiger partial charge in [0.2, 0.25) is 0 Å². The second-order valence-corrected chi connectivity index (χ2v) is 8.13. The quantitative estimate of drug-likeness (QED) is 0.658. The fraction of sp³-hybridized carbons (Fsp3) is 0.714. The van der Waals surface area contributed by atoms with E-state index in [1.807, 2.05) is 11.8 Å². The van der Waals surface area contributed by atoms with Crippen LogP contribution in [-0.2, 0) is 0 Å². The van der Waals surface area contributed by atoms with Crippen molar-refractivity contribution in [2.45, 2.75) is 44.3 Å². The average Bonchev–Trinajstić information content (AvgIpc) is 3.22. The Bertz CT molecular complexity index is 513. The van der Waals surface area contributed by atoms with Gasteiger partial charge in [-0.2, -0.15) is 11.8 Å². The molecule has 110 valence electrons. The van der Waals surface area contributed by atoms with Crippen molar-refractivity contribution in [1.82, 2.24) is 9.97 Å². The van der Waals surface area contributed by atoms with Crippen molar-refractivity contribution in [3.63, 3.8) is 0 Å². The van der Waals surface area contributed by atoms with Gasteiger partial charge in [-0.1, -0.05) is 0 Å². The van der Waals surface area contributed by atoms with E-state index < -0.39 is 0 Å². The summed E-state index contributed by atoms with van der Waals surface area (Å²) in [6.07, 6.45) is 2.40. The summed E-state index contributed by atoms with van der Waals surface area (Å²) in [6, 6.07) is 0. The Labute approximate surface area is 124 Å². The molecule has 0 bridgehead atoms. The van der Waals surface area contributed by atoms with Crippen molar-refractivity contribution in [2.75, 3.05) is 29.2 Å². The lowest BCUT2D eigenvalue weighted by Gasteiger charge is -2.39. The second-order valence-electron chi connectivity index (χ2n) is 6.33. The standard InChI is InChI=1S/C14H23N5S/c1-9-11(18-15)16-12(10-4-5-10)17-13(9)19-6-7-20-14(2,3)8-19/h10H,4-8,15H2,1-3H3,(H,16,17,18). The number of thioether (sulfide) groups is 1. The third kappa shape index (κ3) is 2.72. The average molecular weight is 293 g/mol. The number of hydrazine groups is 1. The number of anilines is 2. The summed E-state index contributed by atoms with van der Waals surface area (Å²) in [5, 5.41) is 0. The van der Waals surface area contributed by atoms with Crippen molar-refractivity contribution < 1.29 is 0 Å². The first-order valence-electron chi connectivity index (χ1n) is 7.24. The van der Waals surface area contributed by atoms with Gasteiger partial charge in [-0.15, -0.1) is 0 Å². The third-order valence-electron chi connectivity index (χ3n) is 3.94. The van der Waals surface area contributed by atoms with Crippen LogP contribution in [0.1, 0.15) is 44.0 Å². The zero-order valence-electron chi connectivity index (χ0n) is 12.4. The number of aromatic nitrogens is 2. The van der Waals surface area contributed by atoms with Gasteiger partial charge in [-0.3, -0.25) is 0 Å². The number of nitrogens with two attached hydrogens (primary N) is 1. The van der Waals surface area contributed by atoms with E-state index in [0.29, 0.717) is 5.92 Å². The summed E-state index contributed by atoms with van der Waals surface area (Å²) < 4.78 is 0.270. The molecule has 0 amide bonds. The van der Waals surface area contributed by atoms with Crippen LogP contribution in [0.5, 0.6) is 0 Å². The van der Waals surface area contributed by atoms with E-state index >= 15 is 0 Å². The molecule has 2 heterocycles. The Kier molecular flexibility index (Phi) is 3.54. The Morgan fingerprint density at radius 3 is 2.70 bits per heavy atom. The number of rotatable bonds is 3. The largest absolute Gasteiger partial charge is 0.354 e. The molecule has 3 N–H and O–H groups in total. The number of hydrogen-bond donors (Lipinski definition) is 2. The summed E-state index contributed by atoms with van der Waals surface area (Å²) >= 11 is 2.03. The number of nitrogens with zero attached hydrogens (tertiary/aromatic N) is 3. The van der Waals surface area contributed by atoms with Crippen molar-refractivity contribution in [2.24, 2.45) is 5.84 Å². The van der Waals surface area contributed by atoms with Crippen LogP contribution < -0.4 is 16.2 Å². The van der Waals surface area contributed by atoms with E-state index in [1.54, 1.807) is 0 Å². The zero-order valence-corrected chi connectivity index (χ0v) is 13.3. The SMILES string of the molecule is Cc1c(NN)nc(C2CC2)nc1N1CCSC(C)(C)C1. The maximum atomic E-state index is 5.63. The lowest BCUT2D eigenvalue weighted by Crippen LogP contribution is -2.44. The molecule has 3 rings (SSSR count). The summed E-state index contributed by atoms with van der Waals surface area (Å²) in [7, 11) is 0. The van der Waals surface area contributed by atoms with Crippen molar-refractivity contribution in [3.05, 3.63) is 11.4 Å². The molecule has 0 unspecified atom stereocenters. The summed E-state index contributed by atoms with van der Waals surface area (Å²) in [6.45, 7) is 8.70. The minimum atomic E-state index is 0.270. The predicted molar refractivity (Wildman–Crippen MR) is 85.3 cm³/mol. The maximum absolute atomic E-state index is 5.63. The van der Waals surface area contributed by atoms with Crippen LogP contribution in [0.2, 0.25) is 0 Å². The van der Waals surface area contributed by atoms with E-state index in [1.165, 1.54) is 12.8 Å². The van der Waals surface area contributed by atoms with Crippen LogP contribution in [0.4, 0.5) is 11.6 Å². The van der Waals surface area contributed by atoms with Gasteiger partial charge in [0, 0.05) is 35.1 Å². The highest BCUT2D eigenvalue weighted by Gasteiger charge is 2.32. The summed E-state index contributed by atoms with van der Waals surface area (Å²) in [5.74, 6) is 10.1. The summed E-state index contributed by atoms with van der Waals surface area (Å²) in [4.78, 5) is 11.8. The van der Waals surface area contributed by atoms with Gasteiger partial charge in [-0.25, -0.2) is 15.8 Å². The molecule has 1 aliphatic carbocycles. The second kappa shape index (κ2) is 5.07. The maximum Gasteiger partial charge on any atom is 0.148 e. The van der Waals surface area contributed by atoms with Gasteiger partial charge in [0.05, 0.1) is 0 Å². The molecule has 1 aromatic rings. The van der Waals surface area contributed by atoms with Gasteiger partial charge in [-0.05, 0) is 33.6 Å². The van der Waals surface area contributed by atoms with E-state index in [9.17, 15) is 0 Å². The van der Waals surface area contributed by atoms with Crippen LogP contribution in [-0.4, -0.2) is 33.6 Å². The Balaban J connectivity index is 1.96. The van der Waals surface area contributed by atoms with E-state index in [0.717, 1.165) is 41.9 Å². The topological polar surface area (TPSA) is 67.1 Å². The number of nitrogens with one attached hydrogen (secondary N) is 1. The molecule has 0 aromatic carbocycles. The fourth-order valence-corrected chi connectivity index (χ4v) is 3.80. The van der Waals surface area contributed by atoms with Crippen molar-refractivity contribution in [3.8, 4) is 0 Å². The highest BCUT2D eigenvalue weighted by molar-refractivity contribution is 8.00. The molecular weight excluding hydrogens is 270 g/mol. The molecule has 6 heteroatoms. The highest BCUT2D eigenvalue weighted by Crippen LogP contribution is 2.41. The molecular formula is C14H23N5S. The van der Waals surface area contributed by atoms with E-state index in [-0.39, 0.29) is 4.75 Å². The molecule has 2 aliphatic rings. The molecule has 1 saturated heterocycles. The molecule has 5 nitrogen and oxygen atoms in total. The molecule has 2 fully saturated rings. The first-order chi connectivity index (χ1) is 9.50. The molecule has 1 aromatic heterocycles. The molecule has 0 atom stereocenters. The normalized spacial score (nSPS) is 21.9. The minimum absolute atomic E-state index is 0.270. The van der Waals surface area contributed by atoms with Crippen LogP contribution in [0.25, 0.3) is 0 Å². The van der Waals surface area contributed by atoms with E-state index in [2.05, 4.69) is 36.1 Å². The van der Waals surface area contributed by atoms with Gasteiger partial charge in [0.1, 0.15) is 17.5 Å². The monoisotopic (exact) mass is 293 g/mol. The minimum Gasteiger partial charge on any atom is -0.354 e. The van der Waals surface area contributed by atoms with Crippen LogP contribution in [0, 0.1) is 6.92 Å². The fourth-order valence-electron chi connectivity index (χ4n) is 2.69. The molecule has 1 saturated carbocycles. The van der Waals surface area contributed by atoms with Gasteiger partial charge < -0.3 is 10.3 Å². The van der Waals surface area contributed by atoms with Crippen LogP contribution in [0.15, 0.2) is 0 Å². The van der Waals surface area contributed by atoms with Crippen molar-refractivity contribution >= 4 is 23.4 Å². The first kappa shape index (κ1) is 13.9. The predicted octanol–water partition coefficient (Wildman–Crippen LogP) is 2.28. The van der Waals surface area contributed by atoms with Crippen LogP contribution in [0.3, 0.4) is 0 Å². The number of hydrogen-bond acceptors (Lipinski definition) is 6. The van der Waals surface area contributed by atoms with Crippen molar-refractivity contribution in [1.29, 1.82) is 0 Å². The Hall–Kier alpha value is -1.01. The Morgan fingerprint density at radius 2 is 2.10 bits per heavy atom. The third-order valence-corrected chi connectivity index (χ3v) is 5.24. The Morgan fingerprint density at radius 1 is 1.35 bits per heavy atom. The first-order valence-corrected chi connectivity index (χ1v) is 8.23. The molecule has 0 spiro atoms. The van der Waals surface area contributed by atoms with E-state index in [4.69, 9.17) is 10.8 Å². The zero-order chi connectivity index (χ0) is 14.3. The lowest BCUT2D eigenvalue weighted by molar-refractivity contribution is 0.638. The smallest absolute Gasteiger partial charge is 0.148 e. The van der Waals surface area contributed by atoms with Gasteiger partial charge >= 0.3 is 0 Å². The highest BCUT2D eigenvalue weighted by atomic mass is 32.2. The van der Waals surface area contributed by atoms with Gasteiger partial charge in [0.25, 0.3) is 0 Å². The molecule has 20 heavy (non-hydrogen) atoms. The van der Waals surface area contributed by atoms with Crippen LogP contribution >= 0.6 is 11.8 Å². The lowest BCUT2D eigenvalue weighted by atomic mass is 10.1. The summed E-state index contributed by atoms with van der Waals surface area (Å²) in [5.41, 5.74) is 3.79. The van der Waals surface area contributed by atoms with Gasteiger partial charge in [0.15, 0.2) is 0 Å². The number of nitrogen functional groups attached to an aromatic ring is 1.